The Bertz CT molecular complexity index is 396. The number of likely N-dealkylation sites (N-methyl/N-ethyl adjacent to an activating group) is 1. The summed E-state index contributed by atoms with van der Waals surface area (Å²) in [4.78, 5) is 24.7. The minimum atomic E-state index is -0.827. The van der Waals surface area contributed by atoms with E-state index in [9.17, 15) is 14.7 Å². The van der Waals surface area contributed by atoms with E-state index in [2.05, 4.69) is 10.6 Å². The summed E-state index contributed by atoms with van der Waals surface area (Å²) in [5, 5.41) is 24.0. The van der Waals surface area contributed by atoms with Crippen LogP contribution >= 0.6 is 0 Å². The number of nitrogens with one attached hydrogen (secondary N) is 2. The maximum absolute atomic E-state index is 12.0. The summed E-state index contributed by atoms with van der Waals surface area (Å²) in [6, 6.07) is -0.0151. The molecule has 4 N–H and O–H groups in total. The monoisotopic (exact) mass is 315 g/mol. The highest BCUT2D eigenvalue weighted by Crippen LogP contribution is 2.25. The van der Waals surface area contributed by atoms with Crippen LogP contribution in [0.25, 0.3) is 0 Å². The van der Waals surface area contributed by atoms with Gasteiger partial charge in [-0.3, -0.25) is 9.69 Å². The molecule has 1 fully saturated rings. The van der Waals surface area contributed by atoms with E-state index in [0.29, 0.717) is 6.54 Å². The van der Waals surface area contributed by atoms with Gasteiger partial charge in [-0.1, -0.05) is 20.8 Å². The van der Waals surface area contributed by atoms with Gasteiger partial charge in [-0.25, -0.2) is 4.79 Å². The molecule has 1 aliphatic carbocycles. The van der Waals surface area contributed by atoms with Crippen LogP contribution in [0.1, 0.15) is 40.5 Å². The predicted octanol–water partition coefficient (Wildman–Crippen LogP) is 0.630. The third kappa shape index (κ3) is 4.84. The van der Waals surface area contributed by atoms with E-state index in [1.807, 2.05) is 32.6 Å². The Hall–Kier alpha value is -1.34. The Kier molecular flexibility index (Phi) is 6.62. The van der Waals surface area contributed by atoms with Crippen molar-refractivity contribution in [2.45, 2.75) is 58.2 Å². The van der Waals surface area contributed by atoms with Crippen LogP contribution in [0.15, 0.2) is 0 Å². The highest BCUT2D eigenvalue weighted by molar-refractivity contribution is 5.75. The Morgan fingerprint density at radius 2 is 1.95 bits per heavy atom. The Morgan fingerprint density at radius 3 is 2.36 bits per heavy atom. The third-order valence-corrected chi connectivity index (χ3v) is 4.71. The van der Waals surface area contributed by atoms with E-state index in [0.717, 1.165) is 12.8 Å². The first-order valence-electron chi connectivity index (χ1n) is 7.87. The number of carboxylic acids is 1. The number of urea groups is 1. The van der Waals surface area contributed by atoms with Crippen molar-refractivity contribution in [1.82, 2.24) is 15.5 Å². The molecule has 7 heteroatoms. The molecule has 1 saturated carbocycles. The summed E-state index contributed by atoms with van der Waals surface area (Å²) in [5.74, 6) is -0.713. The van der Waals surface area contributed by atoms with Crippen molar-refractivity contribution in [2.75, 3.05) is 19.7 Å². The molecule has 1 rings (SSSR count). The van der Waals surface area contributed by atoms with Gasteiger partial charge in [0.25, 0.3) is 0 Å². The Balaban J connectivity index is 2.39. The first-order chi connectivity index (χ1) is 10.2. The van der Waals surface area contributed by atoms with Gasteiger partial charge in [0, 0.05) is 12.1 Å². The summed E-state index contributed by atoms with van der Waals surface area (Å²) >= 11 is 0. The number of amides is 2. The Morgan fingerprint density at radius 1 is 1.36 bits per heavy atom. The number of aliphatic hydroxyl groups is 1. The number of hydrogen-bond donors (Lipinski definition) is 4. The van der Waals surface area contributed by atoms with E-state index in [1.54, 1.807) is 0 Å². The van der Waals surface area contributed by atoms with Crippen LogP contribution in [0.5, 0.6) is 0 Å². The molecular weight excluding hydrogens is 286 g/mol. The minimum Gasteiger partial charge on any atom is -0.480 e. The highest BCUT2D eigenvalue weighted by Gasteiger charge is 2.36. The number of carboxylic acid groups (broad SMARTS) is 1. The van der Waals surface area contributed by atoms with Crippen LogP contribution in [0, 0.1) is 5.92 Å². The predicted molar refractivity (Wildman–Crippen MR) is 83.7 cm³/mol. The van der Waals surface area contributed by atoms with Gasteiger partial charge in [0.1, 0.15) is 0 Å². The molecule has 0 radical (unpaired) electrons. The van der Waals surface area contributed by atoms with Crippen molar-refractivity contribution in [2.24, 2.45) is 5.92 Å². The van der Waals surface area contributed by atoms with Gasteiger partial charge in [0.15, 0.2) is 0 Å². The molecule has 0 aliphatic heterocycles. The van der Waals surface area contributed by atoms with Crippen LogP contribution in [0.2, 0.25) is 0 Å². The zero-order chi connectivity index (χ0) is 16.9. The van der Waals surface area contributed by atoms with Gasteiger partial charge in [-0.2, -0.15) is 0 Å². The second-order valence-corrected chi connectivity index (χ2v) is 6.61. The molecule has 7 nitrogen and oxygen atoms in total. The number of aliphatic hydroxyl groups excluding tert-OH is 1. The summed E-state index contributed by atoms with van der Waals surface area (Å²) in [6.07, 6.45) is 1.51. The first-order valence-corrected chi connectivity index (χ1v) is 7.87. The zero-order valence-electron chi connectivity index (χ0n) is 13.9. The largest absolute Gasteiger partial charge is 0.480 e. The van der Waals surface area contributed by atoms with Gasteiger partial charge >= 0.3 is 12.0 Å². The molecule has 0 spiro atoms. The van der Waals surface area contributed by atoms with Crippen molar-refractivity contribution in [3.8, 4) is 0 Å². The topological polar surface area (TPSA) is 102 Å². The lowest BCUT2D eigenvalue weighted by Crippen LogP contribution is -2.60. The van der Waals surface area contributed by atoms with Crippen molar-refractivity contribution < 1.29 is 19.8 Å². The Labute approximate surface area is 132 Å². The number of nitrogens with zero attached hydrogens (tertiary/aromatic N) is 1. The molecule has 1 unspecified atom stereocenters. The molecule has 0 aromatic carbocycles. The van der Waals surface area contributed by atoms with E-state index in [4.69, 9.17) is 5.11 Å². The van der Waals surface area contributed by atoms with Crippen molar-refractivity contribution in [1.29, 1.82) is 0 Å². The fourth-order valence-corrected chi connectivity index (χ4v) is 2.52. The molecule has 0 aromatic rings. The van der Waals surface area contributed by atoms with Gasteiger partial charge in [0.2, 0.25) is 0 Å². The quantitative estimate of drug-likeness (QED) is 0.526. The maximum Gasteiger partial charge on any atom is 0.317 e. The lowest BCUT2D eigenvalue weighted by Gasteiger charge is -2.43. The van der Waals surface area contributed by atoms with E-state index in [-0.39, 0.29) is 37.2 Å². The smallest absolute Gasteiger partial charge is 0.317 e. The molecule has 1 atom stereocenters. The fraction of sp³-hybridized carbons (Fsp3) is 0.867. The normalized spacial score (nSPS) is 23.8. The number of hydrogen-bond acceptors (Lipinski definition) is 4. The summed E-state index contributed by atoms with van der Waals surface area (Å²) in [5.41, 5.74) is -0.647. The average Bonchev–Trinajstić information content (AvgIpc) is 2.39. The number of rotatable bonds is 8. The molecule has 0 aromatic heterocycles. The standard InChI is InChI=1S/C15H29N3O4/c1-5-18(8-13(20)21)12-6-11(7-12)16-14(22)17-15(4,9-19)10(2)3/h10-12,19H,5-9H2,1-4H3,(H,20,21)(H2,16,17,22). The molecule has 128 valence electrons. The third-order valence-electron chi connectivity index (χ3n) is 4.71. The van der Waals surface area contributed by atoms with Gasteiger partial charge < -0.3 is 20.8 Å². The highest BCUT2D eigenvalue weighted by atomic mass is 16.4. The second kappa shape index (κ2) is 7.78. The van der Waals surface area contributed by atoms with Crippen LogP contribution in [-0.2, 0) is 4.79 Å². The van der Waals surface area contributed by atoms with Crippen LogP contribution in [-0.4, -0.2) is 64.4 Å². The molecule has 2 amide bonds. The average molecular weight is 315 g/mol. The molecule has 0 bridgehead atoms. The minimum absolute atomic E-state index is 0.0377. The summed E-state index contributed by atoms with van der Waals surface area (Å²) < 4.78 is 0. The van der Waals surface area contributed by atoms with Crippen LogP contribution < -0.4 is 10.6 Å². The molecule has 0 saturated heterocycles. The lowest BCUT2D eigenvalue weighted by molar-refractivity contribution is -0.139. The fourth-order valence-electron chi connectivity index (χ4n) is 2.52. The van der Waals surface area contributed by atoms with Crippen LogP contribution in [0.4, 0.5) is 4.79 Å². The molecule has 22 heavy (non-hydrogen) atoms. The van der Waals surface area contributed by atoms with Gasteiger partial charge in [0.05, 0.1) is 18.7 Å². The maximum atomic E-state index is 12.0. The first kappa shape index (κ1) is 18.7. The number of carbonyl (C=O) groups is 2. The van der Waals surface area contributed by atoms with Crippen LogP contribution in [0.3, 0.4) is 0 Å². The SMILES string of the molecule is CCN(CC(=O)O)C1CC(NC(=O)NC(C)(CO)C(C)C)C1. The zero-order valence-corrected chi connectivity index (χ0v) is 13.9. The molecule has 0 heterocycles. The summed E-state index contributed by atoms with van der Waals surface area (Å²) in [6.45, 7) is 8.25. The number of carbonyl (C=O) groups excluding carboxylic acids is 1. The van der Waals surface area contributed by atoms with Crippen molar-refractivity contribution >= 4 is 12.0 Å². The van der Waals surface area contributed by atoms with Gasteiger partial charge in [-0.15, -0.1) is 0 Å². The molecule has 1 aliphatic rings. The van der Waals surface area contributed by atoms with Crippen molar-refractivity contribution in [3.05, 3.63) is 0 Å². The second-order valence-electron chi connectivity index (χ2n) is 6.61. The lowest BCUT2D eigenvalue weighted by atomic mass is 9.85. The van der Waals surface area contributed by atoms with Crippen molar-refractivity contribution in [3.63, 3.8) is 0 Å². The van der Waals surface area contributed by atoms with E-state index in [1.165, 1.54) is 0 Å². The van der Waals surface area contributed by atoms with E-state index >= 15 is 0 Å². The molecular formula is C15H29N3O4. The number of aliphatic carboxylic acids is 1. The van der Waals surface area contributed by atoms with Gasteiger partial charge in [-0.05, 0) is 32.2 Å². The summed E-state index contributed by atoms with van der Waals surface area (Å²) in [7, 11) is 0. The van der Waals surface area contributed by atoms with E-state index < -0.39 is 11.5 Å².